The third-order valence-electron chi connectivity index (χ3n) is 4.50. The maximum atomic E-state index is 14.7. The summed E-state index contributed by atoms with van der Waals surface area (Å²) >= 11 is 0. The zero-order valence-electron chi connectivity index (χ0n) is 16.6. The smallest absolute Gasteiger partial charge is 0.167 e. The highest BCUT2D eigenvalue weighted by atomic mass is 19.2. The fraction of sp³-hybridized carbons (Fsp3) is 0.0769. The number of allylic oxidation sites excluding steroid dienone is 2. The molecule has 0 unspecified atom stereocenters. The van der Waals surface area contributed by atoms with Crippen molar-refractivity contribution in [3.8, 4) is 28.0 Å². The third kappa shape index (κ3) is 4.90. The lowest BCUT2D eigenvalue weighted by molar-refractivity contribution is 0.355. The average Bonchev–Trinajstić information content (AvgIpc) is 2.75. The summed E-state index contributed by atoms with van der Waals surface area (Å²) < 4.78 is 48.4. The SMILES string of the molecule is C=C(/C=C(/F)C(=C)C)COc1ccc(-c2ccc(-c3ccccc3)c(F)c2F)cc1. The molecule has 0 aromatic heterocycles. The first-order valence-electron chi connectivity index (χ1n) is 9.34. The Morgan fingerprint density at radius 1 is 0.833 bits per heavy atom. The van der Waals surface area contributed by atoms with Crippen LogP contribution in [-0.2, 0) is 0 Å². The molecule has 0 amide bonds. The second-order valence-electron chi connectivity index (χ2n) is 6.90. The molecule has 0 spiro atoms. The van der Waals surface area contributed by atoms with Gasteiger partial charge in [0.1, 0.15) is 18.2 Å². The molecule has 1 nitrogen and oxygen atoms in total. The molecule has 30 heavy (non-hydrogen) atoms. The van der Waals surface area contributed by atoms with E-state index in [1.165, 1.54) is 6.08 Å². The van der Waals surface area contributed by atoms with Gasteiger partial charge in [0.25, 0.3) is 0 Å². The van der Waals surface area contributed by atoms with Gasteiger partial charge in [0, 0.05) is 11.1 Å². The zero-order chi connectivity index (χ0) is 21.7. The van der Waals surface area contributed by atoms with Crippen molar-refractivity contribution in [3.63, 3.8) is 0 Å². The minimum absolute atomic E-state index is 0.0921. The van der Waals surface area contributed by atoms with Crippen molar-refractivity contribution < 1.29 is 17.9 Å². The second-order valence-corrected chi connectivity index (χ2v) is 6.90. The topological polar surface area (TPSA) is 9.23 Å². The standard InChI is InChI=1S/C26H21F3O/c1-17(2)24(27)15-18(3)16-30-21-11-9-20(10-12-21)23-14-13-22(25(28)26(23)29)19-7-5-4-6-8-19/h4-15H,1,3,16H2,2H3/b24-15+. The fourth-order valence-electron chi connectivity index (χ4n) is 2.86. The molecule has 0 heterocycles. The molecular formula is C26H21F3O. The molecule has 0 radical (unpaired) electrons. The van der Waals surface area contributed by atoms with Gasteiger partial charge < -0.3 is 4.74 Å². The highest BCUT2D eigenvalue weighted by Gasteiger charge is 2.15. The Hall–Kier alpha value is -3.53. The Bertz CT molecular complexity index is 1100. The van der Waals surface area contributed by atoms with Crippen LogP contribution in [0.15, 0.2) is 103 Å². The zero-order valence-corrected chi connectivity index (χ0v) is 16.6. The number of ether oxygens (including phenoxy) is 1. The van der Waals surface area contributed by atoms with Gasteiger partial charge in [-0.15, -0.1) is 0 Å². The van der Waals surface area contributed by atoms with E-state index in [9.17, 15) is 13.2 Å². The lowest BCUT2D eigenvalue weighted by Crippen LogP contribution is -1.99. The molecule has 3 rings (SSSR count). The predicted molar refractivity (Wildman–Crippen MR) is 116 cm³/mol. The van der Waals surface area contributed by atoms with Gasteiger partial charge in [-0.05, 0) is 47.4 Å². The molecule has 3 aromatic rings. The van der Waals surface area contributed by atoms with Crippen LogP contribution in [0.3, 0.4) is 0 Å². The molecule has 0 saturated heterocycles. The van der Waals surface area contributed by atoms with Crippen LogP contribution >= 0.6 is 0 Å². The molecule has 0 atom stereocenters. The van der Waals surface area contributed by atoms with Gasteiger partial charge in [0.05, 0.1) is 0 Å². The molecule has 0 N–H and O–H groups in total. The van der Waals surface area contributed by atoms with Crippen LogP contribution in [0.5, 0.6) is 5.75 Å². The normalized spacial score (nSPS) is 11.3. The first-order valence-corrected chi connectivity index (χ1v) is 9.34. The molecule has 152 valence electrons. The molecule has 0 aliphatic rings. The van der Waals surface area contributed by atoms with Gasteiger partial charge in [-0.3, -0.25) is 0 Å². The Labute approximate surface area is 174 Å². The van der Waals surface area contributed by atoms with Gasteiger partial charge in [-0.1, -0.05) is 67.8 Å². The molecule has 0 fully saturated rings. The minimum Gasteiger partial charge on any atom is -0.489 e. The second kappa shape index (κ2) is 9.31. The van der Waals surface area contributed by atoms with Crippen molar-refractivity contribution in [2.45, 2.75) is 6.92 Å². The van der Waals surface area contributed by atoms with E-state index in [-0.39, 0.29) is 17.7 Å². The Morgan fingerprint density at radius 3 is 1.90 bits per heavy atom. The van der Waals surface area contributed by atoms with E-state index in [0.717, 1.165) is 0 Å². The third-order valence-corrected chi connectivity index (χ3v) is 4.50. The van der Waals surface area contributed by atoms with E-state index in [1.54, 1.807) is 67.6 Å². The monoisotopic (exact) mass is 406 g/mol. The Kier molecular flexibility index (Phi) is 6.58. The summed E-state index contributed by atoms with van der Waals surface area (Å²) in [6.07, 6.45) is 1.27. The molecule has 4 heteroatoms. The largest absolute Gasteiger partial charge is 0.489 e. The van der Waals surface area contributed by atoms with Crippen molar-refractivity contribution >= 4 is 0 Å². The average molecular weight is 406 g/mol. The van der Waals surface area contributed by atoms with Crippen LogP contribution in [-0.4, -0.2) is 6.61 Å². The van der Waals surface area contributed by atoms with E-state index in [0.29, 0.717) is 28.0 Å². The van der Waals surface area contributed by atoms with Crippen molar-refractivity contribution in [1.82, 2.24) is 0 Å². The quantitative estimate of drug-likeness (QED) is 0.366. The van der Waals surface area contributed by atoms with E-state index >= 15 is 0 Å². The van der Waals surface area contributed by atoms with Gasteiger partial charge >= 0.3 is 0 Å². The van der Waals surface area contributed by atoms with Crippen LogP contribution in [0.2, 0.25) is 0 Å². The summed E-state index contributed by atoms with van der Waals surface area (Å²) in [6.45, 7) is 8.91. The van der Waals surface area contributed by atoms with E-state index in [2.05, 4.69) is 13.2 Å². The van der Waals surface area contributed by atoms with Crippen LogP contribution in [0.25, 0.3) is 22.3 Å². The minimum atomic E-state index is -0.904. The highest BCUT2D eigenvalue weighted by molar-refractivity contribution is 5.72. The van der Waals surface area contributed by atoms with Crippen molar-refractivity contribution in [1.29, 1.82) is 0 Å². The number of rotatable bonds is 7. The fourth-order valence-corrected chi connectivity index (χ4v) is 2.86. The van der Waals surface area contributed by atoms with Gasteiger partial charge in [-0.25, -0.2) is 13.2 Å². The van der Waals surface area contributed by atoms with Crippen LogP contribution in [0.1, 0.15) is 6.92 Å². The van der Waals surface area contributed by atoms with Crippen LogP contribution in [0.4, 0.5) is 13.2 Å². The number of benzene rings is 3. The molecule has 0 aliphatic heterocycles. The van der Waals surface area contributed by atoms with Gasteiger partial charge in [0.15, 0.2) is 11.6 Å². The van der Waals surface area contributed by atoms with Crippen molar-refractivity contribution in [3.05, 3.63) is 115 Å². The first-order chi connectivity index (χ1) is 14.4. The lowest BCUT2D eigenvalue weighted by Gasteiger charge is -2.11. The van der Waals surface area contributed by atoms with E-state index in [1.807, 2.05) is 6.07 Å². The number of hydrogen-bond acceptors (Lipinski definition) is 1. The number of halogens is 3. The van der Waals surface area contributed by atoms with Crippen LogP contribution in [0, 0.1) is 11.6 Å². The van der Waals surface area contributed by atoms with Gasteiger partial charge in [-0.2, -0.15) is 0 Å². The summed E-state index contributed by atoms with van der Waals surface area (Å²) in [4.78, 5) is 0. The molecule has 0 saturated carbocycles. The number of hydrogen-bond donors (Lipinski definition) is 0. The predicted octanol–water partition coefficient (Wildman–Crippen LogP) is 7.66. The lowest BCUT2D eigenvalue weighted by atomic mass is 9.99. The summed E-state index contributed by atoms with van der Waals surface area (Å²) in [6, 6.07) is 18.5. The first kappa shape index (κ1) is 21.2. The van der Waals surface area contributed by atoms with E-state index < -0.39 is 17.5 Å². The van der Waals surface area contributed by atoms with Crippen molar-refractivity contribution in [2.24, 2.45) is 0 Å². The molecule has 3 aromatic carbocycles. The molecule has 0 bridgehead atoms. The summed E-state index contributed by atoms with van der Waals surface area (Å²) in [5.74, 6) is -1.73. The molecular weight excluding hydrogens is 385 g/mol. The van der Waals surface area contributed by atoms with E-state index in [4.69, 9.17) is 4.74 Å². The summed E-state index contributed by atoms with van der Waals surface area (Å²) in [5.41, 5.74) is 2.27. The van der Waals surface area contributed by atoms with Gasteiger partial charge in [0.2, 0.25) is 0 Å². The Balaban J connectivity index is 1.75. The maximum absolute atomic E-state index is 14.7. The maximum Gasteiger partial charge on any atom is 0.167 e. The van der Waals surface area contributed by atoms with Crippen molar-refractivity contribution in [2.75, 3.05) is 6.61 Å². The summed E-state index contributed by atoms with van der Waals surface area (Å²) in [5, 5.41) is 0. The molecule has 0 aliphatic carbocycles. The highest BCUT2D eigenvalue weighted by Crippen LogP contribution is 2.32. The Morgan fingerprint density at radius 2 is 1.37 bits per heavy atom. The van der Waals surface area contributed by atoms with Crippen LogP contribution < -0.4 is 4.74 Å². The summed E-state index contributed by atoms with van der Waals surface area (Å²) in [7, 11) is 0.